The molecule has 3 heteroatoms. The summed E-state index contributed by atoms with van der Waals surface area (Å²) in [6.07, 6.45) is 14.6. The Balaban J connectivity index is 1.60. The highest BCUT2D eigenvalue weighted by molar-refractivity contribution is 5.65. The molecule has 0 saturated heterocycles. The molecule has 0 aliphatic heterocycles. The lowest BCUT2D eigenvalue weighted by Gasteiger charge is -2.27. The van der Waals surface area contributed by atoms with Crippen LogP contribution >= 0.6 is 0 Å². The Labute approximate surface area is 205 Å². The van der Waals surface area contributed by atoms with Gasteiger partial charge in [-0.25, -0.2) is 8.78 Å². The van der Waals surface area contributed by atoms with Crippen LogP contribution in [0.2, 0.25) is 0 Å². The van der Waals surface area contributed by atoms with Crippen molar-refractivity contribution in [3.8, 4) is 16.9 Å². The summed E-state index contributed by atoms with van der Waals surface area (Å²) in [5.41, 5.74) is 2.70. The second-order valence-corrected chi connectivity index (χ2v) is 10.4. The Kier molecular flexibility index (Phi) is 10.2. The summed E-state index contributed by atoms with van der Waals surface area (Å²) < 4.78 is 35.1. The van der Waals surface area contributed by atoms with Gasteiger partial charge in [-0.05, 0) is 92.0 Å². The first kappa shape index (κ1) is 26.4. The maximum atomic E-state index is 14.7. The van der Waals surface area contributed by atoms with Gasteiger partial charge in [0, 0.05) is 0 Å². The number of allylic oxidation sites excluding steroid dienone is 2. The molecule has 1 aliphatic rings. The van der Waals surface area contributed by atoms with E-state index in [2.05, 4.69) is 45.1 Å². The molecule has 2 aromatic carbocycles. The van der Waals surface area contributed by atoms with Gasteiger partial charge in [0.25, 0.3) is 0 Å². The molecule has 34 heavy (non-hydrogen) atoms. The van der Waals surface area contributed by atoms with Crippen molar-refractivity contribution >= 4 is 0 Å². The van der Waals surface area contributed by atoms with E-state index >= 15 is 0 Å². The third-order valence-electron chi connectivity index (χ3n) is 7.04. The molecule has 0 aromatic heterocycles. The molecule has 0 amide bonds. The highest BCUT2D eigenvalue weighted by Gasteiger charge is 2.21. The van der Waals surface area contributed by atoms with Gasteiger partial charge in [-0.3, -0.25) is 0 Å². The van der Waals surface area contributed by atoms with Crippen molar-refractivity contribution in [2.75, 3.05) is 0 Å². The van der Waals surface area contributed by atoms with Crippen LogP contribution < -0.4 is 4.74 Å². The highest BCUT2D eigenvalue weighted by Crippen LogP contribution is 2.37. The summed E-state index contributed by atoms with van der Waals surface area (Å²) in [6, 6.07) is 11.0. The van der Waals surface area contributed by atoms with E-state index in [1.807, 2.05) is 19.1 Å². The van der Waals surface area contributed by atoms with Crippen LogP contribution in [-0.4, -0.2) is 6.10 Å². The summed E-state index contributed by atoms with van der Waals surface area (Å²) in [5.74, 6) is 0.357. The molecule has 0 N–H and O–H groups in total. The quantitative estimate of drug-likeness (QED) is 0.235. The number of hydrogen-bond donors (Lipinski definition) is 0. The van der Waals surface area contributed by atoms with Crippen LogP contribution in [0.3, 0.4) is 0 Å². The van der Waals surface area contributed by atoms with Gasteiger partial charge in [-0.1, -0.05) is 76.5 Å². The van der Waals surface area contributed by atoms with E-state index in [1.165, 1.54) is 49.8 Å². The molecule has 1 fully saturated rings. The Bertz CT molecular complexity index is 885. The van der Waals surface area contributed by atoms with Crippen LogP contribution in [-0.2, 0) is 0 Å². The van der Waals surface area contributed by atoms with E-state index in [0.717, 1.165) is 31.2 Å². The van der Waals surface area contributed by atoms with Crippen LogP contribution in [0.5, 0.6) is 5.75 Å². The minimum Gasteiger partial charge on any atom is -0.485 e. The predicted molar refractivity (Wildman–Crippen MR) is 139 cm³/mol. The molecule has 1 atom stereocenters. The van der Waals surface area contributed by atoms with Crippen LogP contribution in [0, 0.1) is 23.5 Å². The van der Waals surface area contributed by atoms with Gasteiger partial charge >= 0.3 is 0 Å². The Hall–Kier alpha value is -2.16. The van der Waals surface area contributed by atoms with Crippen molar-refractivity contribution in [3.63, 3.8) is 0 Å². The van der Waals surface area contributed by atoms with E-state index in [4.69, 9.17) is 4.74 Å². The zero-order valence-corrected chi connectivity index (χ0v) is 21.5. The molecule has 0 heterocycles. The minimum atomic E-state index is -0.632. The van der Waals surface area contributed by atoms with E-state index in [-0.39, 0.29) is 11.9 Å². The molecule has 0 spiro atoms. The third kappa shape index (κ3) is 7.68. The Morgan fingerprint density at radius 1 is 0.882 bits per heavy atom. The highest BCUT2D eigenvalue weighted by atomic mass is 19.1. The van der Waals surface area contributed by atoms with Crippen LogP contribution in [0.1, 0.15) is 97.0 Å². The van der Waals surface area contributed by atoms with Gasteiger partial charge in [-0.15, -0.1) is 0 Å². The molecule has 1 aliphatic carbocycles. The SMILES string of the molecule is CCCCCCC(C)Oc1c(F)cc(-c2ccc(C3CCC(C=CC(C)C)CC3)cc2)cc1F. The first-order valence-corrected chi connectivity index (χ1v) is 13.3. The monoisotopic (exact) mass is 468 g/mol. The third-order valence-corrected chi connectivity index (χ3v) is 7.04. The normalized spacial score (nSPS) is 19.6. The number of ether oxygens (including phenoxy) is 1. The van der Waals surface area contributed by atoms with E-state index in [9.17, 15) is 8.78 Å². The zero-order valence-electron chi connectivity index (χ0n) is 21.5. The van der Waals surface area contributed by atoms with Gasteiger partial charge < -0.3 is 4.74 Å². The summed E-state index contributed by atoms with van der Waals surface area (Å²) in [4.78, 5) is 0. The predicted octanol–water partition coefficient (Wildman–Crippen LogP) is 9.86. The smallest absolute Gasteiger partial charge is 0.191 e. The topological polar surface area (TPSA) is 9.23 Å². The van der Waals surface area contributed by atoms with Crippen molar-refractivity contribution in [1.82, 2.24) is 0 Å². The number of unbranched alkanes of at least 4 members (excludes halogenated alkanes) is 3. The van der Waals surface area contributed by atoms with E-state index in [1.54, 1.807) is 0 Å². The van der Waals surface area contributed by atoms with Crippen molar-refractivity contribution in [2.24, 2.45) is 11.8 Å². The lowest BCUT2D eigenvalue weighted by Crippen LogP contribution is -2.13. The molecule has 1 nitrogen and oxygen atoms in total. The van der Waals surface area contributed by atoms with E-state index < -0.39 is 11.6 Å². The molecular formula is C31H42F2O. The summed E-state index contributed by atoms with van der Waals surface area (Å²) in [6.45, 7) is 8.49. The molecule has 3 rings (SSSR count). The maximum absolute atomic E-state index is 14.7. The summed E-state index contributed by atoms with van der Waals surface area (Å²) >= 11 is 0. The van der Waals surface area contributed by atoms with Crippen LogP contribution in [0.15, 0.2) is 48.6 Å². The fourth-order valence-corrected chi connectivity index (χ4v) is 4.93. The molecule has 1 saturated carbocycles. The first-order valence-electron chi connectivity index (χ1n) is 13.3. The number of benzene rings is 2. The van der Waals surface area contributed by atoms with Crippen LogP contribution in [0.4, 0.5) is 8.78 Å². The lowest BCUT2D eigenvalue weighted by atomic mass is 9.78. The number of rotatable bonds is 11. The summed E-state index contributed by atoms with van der Waals surface area (Å²) in [5, 5.41) is 0. The standard InChI is InChI=1S/C31H42F2O/c1-5-6-7-8-9-23(4)34-31-29(32)20-28(21-30(31)33)27-18-16-26(17-19-27)25-14-12-24(13-15-25)11-10-22(2)3/h10-11,16-25H,5-9,12-15H2,1-4H3. The van der Waals surface area contributed by atoms with Crippen LogP contribution in [0.25, 0.3) is 11.1 Å². The molecule has 2 aromatic rings. The van der Waals surface area contributed by atoms with Gasteiger partial charge in [-0.2, -0.15) is 0 Å². The van der Waals surface area contributed by atoms with Gasteiger partial charge in [0.1, 0.15) is 0 Å². The van der Waals surface area contributed by atoms with Gasteiger partial charge in [0.15, 0.2) is 17.4 Å². The van der Waals surface area contributed by atoms with Gasteiger partial charge in [0.05, 0.1) is 6.10 Å². The number of hydrogen-bond acceptors (Lipinski definition) is 1. The maximum Gasteiger partial charge on any atom is 0.191 e. The average Bonchev–Trinajstić information content (AvgIpc) is 2.83. The first-order chi connectivity index (χ1) is 16.4. The molecule has 0 bridgehead atoms. The van der Waals surface area contributed by atoms with Crippen molar-refractivity contribution in [3.05, 3.63) is 65.7 Å². The number of halogens is 2. The molecule has 0 radical (unpaired) electrons. The van der Waals surface area contributed by atoms with Gasteiger partial charge in [0.2, 0.25) is 0 Å². The Morgan fingerprint density at radius 3 is 2.12 bits per heavy atom. The summed E-state index contributed by atoms with van der Waals surface area (Å²) in [7, 11) is 0. The fourth-order valence-electron chi connectivity index (χ4n) is 4.93. The zero-order chi connectivity index (χ0) is 24.5. The molecule has 1 unspecified atom stereocenters. The van der Waals surface area contributed by atoms with E-state index in [0.29, 0.717) is 23.3 Å². The second kappa shape index (κ2) is 13.1. The van der Waals surface area contributed by atoms with Crippen molar-refractivity contribution in [2.45, 2.75) is 97.5 Å². The average molecular weight is 469 g/mol. The largest absolute Gasteiger partial charge is 0.485 e. The molecule has 186 valence electrons. The fraction of sp³-hybridized carbons (Fsp3) is 0.548. The lowest BCUT2D eigenvalue weighted by molar-refractivity contribution is 0.188. The molecular weight excluding hydrogens is 426 g/mol. The Morgan fingerprint density at radius 2 is 1.53 bits per heavy atom. The second-order valence-electron chi connectivity index (χ2n) is 10.4. The minimum absolute atomic E-state index is 0.207. The van der Waals surface area contributed by atoms with Crippen molar-refractivity contribution < 1.29 is 13.5 Å². The van der Waals surface area contributed by atoms with Crippen molar-refractivity contribution in [1.29, 1.82) is 0 Å².